The van der Waals surface area contributed by atoms with Gasteiger partial charge in [-0.05, 0) is 30.5 Å². The fourth-order valence-corrected chi connectivity index (χ4v) is 2.21. The van der Waals surface area contributed by atoms with E-state index in [9.17, 15) is 0 Å². The standard InChI is InChI=1S/C13H18N4/c1-9-16-12-3-2-10(4-13(12)17-9)5-14-6-11-7-15-8-11/h2-4,11,14-15H,5-8H2,1H3,(H,16,17). The molecule has 1 aliphatic rings. The van der Waals surface area contributed by atoms with E-state index >= 15 is 0 Å². The quantitative estimate of drug-likeness (QED) is 0.739. The van der Waals surface area contributed by atoms with E-state index in [1.165, 1.54) is 5.56 Å². The summed E-state index contributed by atoms with van der Waals surface area (Å²) in [6.07, 6.45) is 0. The number of nitrogens with zero attached hydrogens (tertiary/aromatic N) is 1. The highest BCUT2D eigenvalue weighted by Crippen LogP contribution is 2.13. The maximum atomic E-state index is 4.40. The maximum Gasteiger partial charge on any atom is 0.104 e. The Morgan fingerprint density at radius 3 is 3.06 bits per heavy atom. The molecule has 1 aliphatic heterocycles. The zero-order valence-corrected chi connectivity index (χ0v) is 10.1. The third-order valence-corrected chi connectivity index (χ3v) is 3.29. The minimum atomic E-state index is 0.813. The number of aromatic amines is 1. The number of imidazole rings is 1. The average molecular weight is 230 g/mol. The summed E-state index contributed by atoms with van der Waals surface area (Å²) in [6.45, 7) is 6.34. The molecule has 90 valence electrons. The van der Waals surface area contributed by atoms with Gasteiger partial charge in [0.2, 0.25) is 0 Å². The van der Waals surface area contributed by atoms with Crippen LogP contribution in [0.1, 0.15) is 11.4 Å². The highest BCUT2D eigenvalue weighted by atomic mass is 15.0. The van der Waals surface area contributed by atoms with Gasteiger partial charge in [0.1, 0.15) is 5.82 Å². The minimum Gasteiger partial charge on any atom is -0.342 e. The van der Waals surface area contributed by atoms with E-state index in [0.29, 0.717) is 0 Å². The molecule has 0 bridgehead atoms. The summed E-state index contributed by atoms with van der Waals surface area (Å²) < 4.78 is 0. The van der Waals surface area contributed by atoms with Crippen LogP contribution in [0.25, 0.3) is 11.0 Å². The van der Waals surface area contributed by atoms with Crippen molar-refractivity contribution in [3.63, 3.8) is 0 Å². The minimum absolute atomic E-state index is 0.813. The van der Waals surface area contributed by atoms with Gasteiger partial charge in [-0.25, -0.2) is 4.98 Å². The lowest BCUT2D eigenvalue weighted by atomic mass is 10.0. The molecule has 1 saturated heterocycles. The predicted octanol–water partition coefficient (Wildman–Crippen LogP) is 1.18. The maximum absolute atomic E-state index is 4.40. The number of aryl methyl sites for hydroxylation is 1. The normalized spacial score (nSPS) is 16.3. The predicted molar refractivity (Wildman–Crippen MR) is 68.9 cm³/mol. The molecule has 0 unspecified atom stereocenters. The van der Waals surface area contributed by atoms with Crippen molar-refractivity contribution in [2.24, 2.45) is 5.92 Å². The lowest BCUT2D eigenvalue weighted by Gasteiger charge is -2.27. The van der Waals surface area contributed by atoms with Crippen molar-refractivity contribution in [3.05, 3.63) is 29.6 Å². The lowest BCUT2D eigenvalue weighted by Crippen LogP contribution is -2.47. The summed E-state index contributed by atoms with van der Waals surface area (Å²) in [5.74, 6) is 1.79. The molecule has 0 saturated carbocycles. The first-order valence-corrected chi connectivity index (χ1v) is 6.18. The topological polar surface area (TPSA) is 52.7 Å². The van der Waals surface area contributed by atoms with Crippen LogP contribution in [0, 0.1) is 12.8 Å². The first-order chi connectivity index (χ1) is 8.31. The van der Waals surface area contributed by atoms with Crippen molar-refractivity contribution < 1.29 is 0 Å². The number of benzene rings is 1. The molecule has 3 rings (SSSR count). The van der Waals surface area contributed by atoms with Crippen molar-refractivity contribution in [2.75, 3.05) is 19.6 Å². The Morgan fingerprint density at radius 1 is 1.41 bits per heavy atom. The van der Waals surface area contributed by atoms with Gasteiger partial charge in [-0.2, -0.15) is 0 Å². The second kappa shape index (κ2) is 4.47. The Hall–Kier alpha value is -1.39. The third kappa shape index (κ3) is 2.33. The van der Waals surface area contributed by atoms with E-state index in [1.807, 2.05) is 6.92 Å². The Bertz CT molecular complexity index is 513. The number of hydrogen-bond donors (Lipinski definition) is 3. The smallest absolute Gasteiger partial charge is 0.104 e. The van der Waals surface area contributed by atoms with Crippen LogP contribution in [0.4, 0.5) is 0 Å². The Morgan fingerprint density at radius 2 is 2.29 bits per heavy atom. The molecule has 0 radical (unpaired) electrons. The van der Waals surface area contributed by atoms with Crippen molar-refractivity contribution in [1.29, 1.82) is 0 Å². The van der Waals surface area contributed by atoms with Gasteiger partial charge in [0.25, 0.3) is 0 Å². The first-order valence-electron chi connectivity index (χ1n) is 6.18. The highest BCUT2D eigenvalue weighted by Gasteiger charge is 2.15. The summed E-state index contributed by atoms with van der Waals surface area (Å²) in [5, 5.41) is 6.78. The summed E-state index contributed by atoms with van der Waals surface area (Å²) in [4.78, 5) is 7.67. The second-order valence-electron chi connectivity index (χ2n) is 4.83. The van der Waals surface area contributed by atoms with Gasteiger partial charge in [-0.15, -0.1) is 0 Å². The van der Waals surface area contributed by atoms with Gasteiger partial charge >= 0.3 is 0 Å². The zero-order valence-electron chi connectivity index (χ0n) is 10.1. The van der Waals surface area contributed by atoms with Crippen LogP contribution in [0.5, 0.6) is 0 Å². The number of hydrogen-bond acceptors (Lipinski definition) is 3. The van der Waals surface area contributed by atoms with Gasteiger partial charge in [-0.1, -0.05) is 6.07 Å². The van der Waals surface area contributed by atoms with Crippen molar-refractivity contribution in [3.8, 4) is 0 Å². The van der Waals surface area contributed by atoms with Gasteiger partial charge in [0.15, 0.2) is 0 Å². The van der Waals surface area contributed by atoms with E-state index < -0.39 is 0 Å². The number of rotatable bonds is 4. The summed E-state index contributed by atoms with van der Waals surface area (Å²) in [6, 6.07) is 6.41. The van der Waals surface area contributed by atoms with E-state index in [4.69, 9.17) is 0 Å². The molecule has 4 heteroatoms. The van der Waals surface area contributed by atoms with Crippen molar-refractivity contribution >= 4 is 11.0 Å². The van der Waals surface area contributed by atoms with Gasteiger partial charge < -0.3 is 15.6 Å². The average Bonchev–Trinajstić information content (AvgIpc) is 2.61. The third-order valence-electron chi connectivity index (χ3n) is 3.29. The van der Waals surface area contributed by atoms with Gasteiger partial charge in [-0.3, -0.25) is 0 Å². The molecular formula is C13H18N4. The Balaban J connectivity index is 1.63. The molecule has 0 spiro atoms. The molecule has 0 amide bonds. The van der Waals surface area contributed by atoms with Crippen LogP contribution in [0.15, 0.2) is 18.2 Å². The van der Waals surface area contributed by atoms with Gasteiger partial charge in [0, 0.05) is 26.2 Å². The molecule has 1 fully saturated rings. The van der Waals surface area contributed by atoms with E-state index in [0.717, 1.165) is 49.0 Å². The van der Waals surface area contributed by atoms with E-state index in [2.05, 4.69) is 38.8 Å². The number of H-pyrrole nitrogens is 1. The summed E-state index contributed by atoms with van der Waals surface area (Å²) in [5.41, 5.74) is 3.50. The molecule has 3 N–H and O–H groups in total. The molecule has 2 heterocycles. The molecule has 0 aliphatic carbocycles. The summed E-state index contributed by atoms with van der Waals surface area (Å²) in [7, 11) is 0. The molecule has 4 nitrogen and oxygen atoms in total. The fourth-order valence-electron chi connectivity index (χ4n) is 2.21. The SMILES string of the molecule is Cc1nc2ccc(CNCC3CNC3)cc2[nH]1. The van der Waals surface area contributed by atoms with Crippen LogP contribution in [0.2, 0.25) is 0 Å². The molecule has 1 aromatic carbocycles. The van der Waals surface area contributed by atoms with Crippen LogP contribution in [0.3, 0.4) is 0 Å². The van der Waals surface area contributed by atoms with Crippen LogP contribution in [-0.4, -0.2) is 29.6 Å². The monoisotopic (exact) mass is 230 g/mol. The second-order valence-corrected chi connectivity index (χ2v) is 4.83. The number of fused-ring (bicyclic) bond motifs is 1. The lowest BCUT2D eigenvalue weighted by molar-refractivity contribution is 0.331. The first kappa shape index (κ1) is 10.7. The fraction of sp³-hybridized carbons (Fsp3) is 0.462. The van der Waals surface area contributed by atoms with E-state index in [1.54, 1.807) is 0 Å². The van der Waals surface area contributed by atoms with Gasteiger partial charge in [0.05, 0.1) is 11.0 Å². The van der Waals surface area contributed by atoms with Crippen molar-refractivity contribution in [2.45, 2.75) is 13.5 Å². The largest absolute Gasteiger partial charge is 0.342 e. The molecule has 1 aromatic heterocycles. The molecule has 2 aromatic rings. The van der Waals surface area contributed by atoms with Crippen LogP contribution < -0.4 is 10.6 Å². The number of aromatic nitrogens is 2. The molecular weight excluding hydrogens is 212 g/mol. The van der Waals surface area contributed by atoms with E-state index in [-0.39, 0.29) is 0 Å². The molecule has 17 heavy (non-hydrogen) atoms. The van der Waals surface area contributed by atoms with Crippen molar-refractivity contribution in [1.82, 2.24) is 20.6 Å². The number of nitrogens with one attached hydrogen (secondary N) is 3. The van der Waals surface area contributed by atoms with Crippen LogP contribution in [-0.2, 0) is 6.54 Å². The highest BCUT2D eigenvalue weighted by molar-refractivity contribution is 5.75. The van der Waals surface area contributed by atoms with Crippen LogP contribution >= 0.6 is 0 Å². The Labute approximate surface area is 101 Å². The zero-order chi connectivity index (χ0) is 11.7. The summed E-state index contributed by atoms with van der Waals surface area (Å²) >= 11 is 0. The molecule has 0 atom stereocenters. The Kier molecular flexibility index (Phi) is 2.82.